The van der Waals surface area contributed by atoms with E-state index < -0.39 is 0 Å². The van der Waals surface area contributed by atoms with E-state index in [1.54, 1.807) is 0 Å². The fourth-order valence-corrected chi connectivity index (χ4v) is 2.35. The third-order valence-electron chi connectivity index (χ3n) is 3.30. The minimum atomic E-state index is 0.0275. The van der Waals surface area contributed by atoms with Gasteiger partial charge in [0.1, 0.15) is 0 Å². The lowest BCUT2D eigenvalue weighted by Gasteiger charge is -2.34. The number of aryl methyl sites for hydroxylation is 1. The van der Waals surface area contributed by atoms with E-state index in [0.717, 1.165) is 13.0 Å². The Morgan fingerprint density at radius 2 is 2.31 bits per heavy atom. The second-order valence-electron chi connectivity index (χ2n) is 4.36. The monoisotopic (exact) mass is 215 g/mol. The highest BCUT2D eigenvalue weighted by molar-refractivity contribution is 5.87. The minimum absolute atomic E-state index is 0.0275. The summed E-state index contributed by atoms with van der Waals surface area (Å²) in [7, 11) is 0. The number of hydrogen-bond acceptors (Lipinski definition) is 1. The van der Waals surface area contributed by atoms with Crippen molar-refractivity contribution in [3.63, 3.8) is 0 Å². The predicted octanol–water partition coefficient (Wildman–Crippen LogP) is 2.63. The molecule has 1 unspecified atom stereocenters. The molecule has 1 aliphatic heterocycles. The van der Waals surface area contributed by atoms with Crippen LogP contribution in [0.1, 0.15) is 29.7 Å². The van der Waals surface area contributed by atoms with Crippen LogP contribution in [-0.2, 0) is 11.2 Å². The number of carbonyl (C=O) groups excluding carboxylic acids is 1. The first-order chi connectivity index (χ1) is 7.63. The van der Waals surface area contributed by atoms with Crippen LogP contribution < -0.4 is 0 Å². The SMILES string of the molecule is C=CC(=O)N1CCc2ccc(C)cc2C1C. The number of fused-ring (bicyclic) bond motifs is 1. The Bertz CT molecular complexity index is 436. The predicted molar refractivity (Wildman–Crippen MR) is 65.2 cm³/mol. The molecule has 0 bridgehead atoms. The van der Waals surface area contributed by atoms with Crippen LogP contribution in [0.3, 0.4) is 0 Å². The fourth-order valence-electron chi connectivity index (χ4n) is 2.35. The van der Waals surface area contributed by atoms with Gasteiger partial charge in [0.25, 0.3) is 0 Å². The summed E-state index contributed by atoms with van der Waals surface area (Å²) in [5.74, 6) is 0.0275. The lowest BCUT2D eigenvalue weighted by Crippen LogP contribution is -2.37. The van der Waals surface area contributed by atoms with Crippen LogP contribution in [-0.4, -0.2) is 17.4 Å². The van der Waals surface area contributed by atoms with Gasteiger partial charge in [-0.1, -0.05) is 30.3 Å². The number of hydrogen-bond donors (Lipinski definition) is 0. The second-order valence-corrected chi connectivity index (χ2v) is 4.36. The molecule has 1 aliphatic rings. The van der Waals surface area contributed by atoms with Crippen LogP contribution in [0.4, 0.5) is 0 Å². The summed E-state index contributed by atoms with van der Waals surface area (Å²) in [6.07, 6.45) is 2.34. The topological polar surface area (TPSA) is 20.3 Å². The molecule has 2 nitrogen and oxygen atoms in total. The van der Waals surface area contributed by atoms with Crippen LogP contribution in [0.2, 0.25) is 0 Å². The van der Waals surface area contributed by atoms with E-state index in [2.05, 4.69) is 38.6 Å². The van der Waals surface area contributed by atoms with Crippen LogP contribution in [0, 0.1) is 6.92 Å². The third-order valence-corrected chi connectivity index (χ3v) is 3.30. The van der Waals surface area contributed by atoms with E-state index in [0.29, 0.717) is 0 Å². The van der Waals surface area contributed by atoms with E-state index >= 15 is 0 Å². The molecule has 0 N–H and O–H groups in total. The van der Waals surface area contributed by atoms with Gasteiger partial charge in [0.2, 0.25) is 5.91 Å². The molecule has 0 aromatic heterocycles. The Hall–Kier alpha value is -1.57. The molecule has 0 spiro atoms. The van der Waals surface area contributed by atoms with Gasteiger partial charge in [-0.2, -0.15) is 0 Å². The first kappa shape index (κ1) is 10.9. The number of amides is 1. The average Bonchev–Trinajstić information content (AvgIpc) is 2.29. The normalized spacial score (nSPS) is 19.1. The van der Waals surface area contributed by atoms with Gasteiger partial charge >= 0.3 is 0 Å². The van der Waals surface area contributed by atoms with E-state index in [1.807, 2.05) is 4.90 Å². The lowest BCUT2D eigenvalue weighted by atomic mass is 9.92. The van der Waals surface area contributed by atoms with Crippen LogP contribution in [0.5, 0.6) is 0 Å². The Kier molecular flexibility index (Phi) is 2.82. The zero-order valence-corrected chi connectivity index (χ0v) is 9.86. The first-order valence-electron chi connectivity index (χ1n) is 5.66. The molecule has 0 fully saturated rings. The largest absolute Gasteiger partial charge is 0.332 e. The van der Waals surface area contributed by atoms with Gasteiger partial charge in [-0.3, -0.25) is 4.79 Å². The van der Waals surface area contributed by atoms with Gasteiger partial charge in [0.05, 0.1) is 6.04 Å². The third kappa shape index (κ3) is 1.75. The van der Waals surface area contributed by atoms with Crippen molar-refractivity contribution in [1.82, 2.24) is 4.90 Å². The van der Waals surface area contributed by atoms with E-state index in [9.17, 15) is 4.79 Å². The summed E-state index contributed by atoms with van der Waals surface area (Å²) in [6.45, 7) is 8.51. The quantitative estimate of drug-likeness (QED) is 0.659. The maximum Gasteiger partial charge on any atom is 0.246 e. The van der Waals surface area contributed by atoms with Gasteiger partial charge in [0, 0.05) is 6.54 Å². The van der Waals surface area contributed by atoms with Gasteiger partial charge in [-0.25, -0.2) is 0 Å². The van der Waals surface area contributed by atoms with Gasteiger partial charge in [-0.05, 0) is 37.5 Å². The van der Waals surface area contributed by atoms with Crippen molar-refractivity contribution < 1.29 is 4.79 Å². The number of benzene rings is 1. The molecule has 2 heteroatoms. The van der Waals surface area contributed by atoms with Crippen molar-refractivity contribution in [3.8, 4) is 0 Å². The smallest absolute Gasteiger partial charge is 0.246 e. The molecule has 0 saturated heterocycles. The average molecular weight is 215 g/mol. The summed E-state index contributed by atoms with van der Waals surface area (Å²) >= 11 is 0. The standard InChI is InChI=1S/C14H17NO/c1-4-14(16)15-8-7-12-6-5-10(2)9-13(12)11(15)3/h4-6,9,11H,1,7-8H2,2-3H3. The summed E-state index contributed by atoms with van der Waals surface area (Å²) < 4.78 is 0. The van der Waals surface area contributed by atoms with Crippen molar-refractivity contribution in [3.05, 3.63) is 47.5 Å². The Morgan fingerprint density at radius 1 is 1.56 bits per heavy atom. The van der Waals surface area contributed by atoms with Gasteiger partial charge in [-0.15, -0.1) is 0 Å². The molecule has 1 atom stereocenters. The van der Waals surface area contributed by atoms with Gasteiger partial charge in [0.15, 0.2) is 0 Å². The molecular weight excluding hydrogens is 198 g/mol. The Labute approximate surface area is 96.6 Å². The summed E-state index contributed by atoms with van der Waals surface area (Å²) in [6, 6.07) is 6.66. The molecule has 0 radical (unpaired) electrons. The highest BCUT2D eigenvalue weighted by Gasteiger charge is 2.25. The molecule has 84 valence electrons. The summed E-state index contributed by atoms with van der Waals surface area (Å²) in [4.78, 5) is 13.6. The molecule has 16 heavy (non-hydrogen) atoms. The van der Waals surface area contributed by atoms with Crippen molar-refractivity contribution in [1.29, 1.82) is 0 Å². The molecule has 1 amide bonds. The summed E-state index contributed by atoms with van der Waals surface area (Å²) in [5.41, 5.74) is 3.89. The fraction of sp³-hybridized carbons (Fsp3) is 0.357. The van der Waals surface area contributed by atoms with Crippen molar-refractivity contribution >= 4 is 5.91 Å². The number of carbonyl (C=O) groups is 1. The van der Waals surface area contributed by atoms with E-state index in [4.69, 9.17) is 0 Å². The van der Waals surface area contributed by atoms with Crippen molar-refractivity contribution in [2.75, 3.05) is 6.54 Å². The molecule has 2 rings (SSSR count). The molecule has 1 aromatic rings. The zero-order valence-electron chi connectivity index (χ0n) is 9.86. The Morgan fingerprint density at radius 3 is 3.00 bits per heavy atom. The van der Waals surface area contributed by atoms with Crippen molar-refractivity contribution in [2.24, 2.45) is 0 Å². The molecule has 1 aromatic carbocycles. The minimum Gasteiger partial charge on any atom is -0.332 e. The number of nitrogens with zero attached hydrogens (tertiary/aromatic N) is 1. The highest BCUT2D eigenvalue weighted by Crippen LogP contribution is 2.30. The lowest BCUT2D eigenvalue weighted by molar-refractivity contribution is -0.128. The first-order valence-corrected chi connectivity index (χ1v) is 5.66. The highest BCUT2D eigenvalue weighted by atomic mass is 16.2. The second kappa shape index (κ2) is 4.12. The number of rotatable bonds is 1. The van der Waals surface area contributed by atoms with Crippen LogP contribution in [0.25, 0.3) is 0 Å². The molecular formula is C14H17NO. The Balaban J connectivity index is 2.37. The molecule has 0 saturated carbocycles. The van der Waals surface area contributed by atoms with Crippen molar-refractivity contribution in [2.45, 2.75) is 26.3 Å². The van der Waals surface area contributed by atoms with Crippen LogP contribution in [0.15, 0.2) is 30.9 Å². The zero-order chi connectivity index (χ0) is 11.7. The van der Waals surface area contributed by atoms with E-state index in [-0.39, 0.29) is 11.9 Å². The van der Waals surface area contributed by atoms with Crippen LogP contribution >= 0.6 is 0 Å². The molecule has 1 heterocycles. The maximum atomic E-state index is 11.7. The van der Waals surface area contributed by atoms with E-state index in [1.165, 1.54) is 22.8 Å². The maximum absolute atomic E-state index is 11.7. The molecule has 0 aliphatic carbocycles. The summed E-state index contributed by atoms with van der Waals surface area (Å²) in [5, 5.41) is 0. The van der Waals surface area contributed by atoms with Gasteiger partial charge < -0.3 is 4.90 Å².